The highest BCUT2D eigenvalue weighted by atomic mass is 32.2. The minimum atomic E-state index is -0.340. The van der Waals surface area contributed by atoms with E-state index in [0.29, 0.717) is 39.8 Å². The Hall–Kier alpha value is -4.15. The molecule has 0 spiro atoms. The highest BCUT2D eigenvalue weighted by molar-refractivity contribution is 7.99. The van der Waals surface area contributed by atoms with E-state index in [1.54, 1.807) is 55.4 Å². The molecule has 0 fully saturated rings. The Morgan fingerprint density at radius 2 is 2.03 bits per heavy atom. The van der Waals surface area contributed by atoms with Crippen LogP contribution in [0.1, 0.15) is 0 Å². The van der Waals surface area contributed by atoms with E-state index < -0.39 is 0 Å². The van der Waals surface area contributed by atoms with E-state index in [4.69, 9.17) is 4.74 Å². The quantitative estimate of drug-likeness (QED) is 0.238. The minimum Gasteiger partial charge on any atom is -0.495 e. The monoisotopic (exact) mass is 516 g/mol. The molecule has 0 radical (unpaired) electrons. The molecule has 4 aromatic rings. The van der Waals surface area contributed by atoms with Gasteiger partial charge in [-0.05, 0) is 62.6 Å². The summed E-state index contributed by atoms with van der Waals surface area (Å²) in [6, 6.07) is 16.0. The molecule has 1 amide bonds. The molecule has 9 nitrogen and oxygen atoms in total. The van der Waals surface area contributed by atoms with Crippen LogP contribution in [0.3, 0.4) is 0 Å². The van der Waals surface area contributed by atoms with Crippen molar-refractivity contribution in [2.75, 3.05) is 44.1 Å². The number of rotatable bonds is 10. The first-order valence-corrected chi connectivity index (χ1v) is 12.5. The number of aromatic nitrogens is 3. The van der Waals surface area contributed by atoms with Gasteiger partial charge in [-0.15, -0.1) is 11.8 Å². The van der Waals surface area contributed by atoms with E-state index in [-0.39, 0.29) is 11.5 Å². The third-order valence-electron chi connectivity index (χ3n) is 5.42. The molecule has 0 aliphatic heterocycles. The zero-order valence-corrected chi connectivity index (χ0v) is 21.7. The third kappa shape index (κ3) is 6.35. The molecule has 2 aromatic carbocycles. The zero-order valence-electron chi connectivity index (χ0n) is 20.9. The van der Waals surface area contributed by atoms with Gasteiger partial charge in [0.1, 0.15) is 5.75 Å². The third-order valence-corrected chi connectivity index (χ3v) is 6.39. The SMILES string of the molecule is C=CC(=O)Nc1cccc(-n2c(=O)ccc3cnc(Nc4ccc(SCCN(C)C)cc4OC)nc32)c1. The first-order valence-electron chi connectivity index (χ1n) is 11.5. The molecule has 0 unspecified atom stereocenters. The van der Waals surface area contributed by atoms with Crippen molar-refractivity contribution < 1.29 is 9.53 Å². The predicted molar refractivity (Wildman–Crippen MR) is 150 cm³/mol. The van der Waals surface area contributed by atoms with E-state index in [9.17, 15) is 9.59 Å². The molecular formula is C27H28N6O3S. The maximum atomic E-state index is 12.9. The van der Waals surface area contributed by atoms with Gasteiger partial charge in [0.15, 0.2) is 5.65 Å². The Morgan fingerprint density at radius 3 is 2.78 bits per heavy atom. The molecule has 0 aliphatic rings. The number of ether oxygens (including phenoxy) is 1. The molecule has 10 heteroatoms. The number of carbonyl (C=O) groups is 1. The summed E-state index contributed by atoms with van der Waals surface area (Å²) < 4.78 is 7.08. The van der Waals surface area contributed by atoms with Gasteiger partial charge >= 0.3 is 0 Å². The van der Waals surface area contributed by atoms with Crippen molar-refractivity contribution in [3.05, 3.63) is 83.8 Å². The molecule has 2 aromatic heterocycles. The van der Waals surface area contributed by atoms with Crippen LogP contribution in [-0.2, 0) is 4.79 Å². The second-order valence-electron chi connectivity index (χ2n) is 8.36. The number of hydrogen-bond donors (Lipinski definition) is 2. The fraction of sp³-hybridized carbons (Fsp3) is 0.185. The normalized spacial score (nSPS) is 10.9. The first kappa shape index (κ1) is 25.9. The Morgan fingerprint density at radius 1 is 1.19 bits per heavy atom. The van der Waals surface area contributed by atoms with Gasteiger partial charge in [0, 0.05) is 40.5 Å². The lowest BCUT2D eigenvalue weighted by atomic mass is 10.2. The van der Waals surface area contributed by atoms with Crippen LogP contribution in [0.2, 0.25) is 0 Å². The number of nitrogens with one attached hydrogen (secondary N) is 2. The summed E-state index contributed by atoms with van der Waals surface area (Å²) in [6.07, 6.45) is 2.84. The van der Waals surface area contributed by atoms with Crippen molar-refractivity contribution in [1.29, 1.82) is 0 Å². The Balaban J connectivity index is 1.67. The van der Waals surface area contributed by atoms with Crippen molar-refractivity contribution in [3.63, 3.8) is 0 Å². The highest BCUT2D eigenvalue weighted by Crippen LogP contribution is 2.32. The Labute approximate surface area is 219 Å². The number of thioether (sulfide) groups is 1. The summed E-state index contributed by atoms with van der Waals surface area (Å²) in [7, 11) is 5.72. The van der Waals surface area contributed by atoms with Crippen LogP contribution in [0.5, 0.6) is 5.75 Å². The second kappa shape index (κ2) is 11.7. The average Bonchev–Trinajstić information content (AvgIpc) is 2.89. The van der Waals surface area contributed by atoms with Gasteiger partial charge in [0.25, 0.3) is 5.56 Å². The molecule has 2 heterocycles. The highest BCUT2D eigenvalue weighted by Gasteiger charge is 2.12. The number of fused-ring (bicyclic) bond motifs is 1. The number of benzene rings is 2. The first-order chi connectivity index (χ1) is 17.9. The van der Waals surface area contributed by atoms with Crippen LogP contribution < -0.4 is 20.9 Å². The van der Waals surface area contributed by atoms with Crippen LogP contribution in [0.4, 0.5) is 17.3 Å². The molecule has 4 rings (SSSR count). The van der Waals surface area contributed by atoms with Crippen molar-refractivity contribution >= 4 is 46.0 Å². The van der Waals surface area contributed by atoms with Crippen LogP contribution in [0, 0.1) is 0 Å². The fourth-order valence-corrected chi connectivity index (χ4v) is 4.62. The molecule has 0 aliphatic carbocycles. The molecule has 0 atom stereocenters. The Bertz CT molecular complexity index is 1500. The largest absolute Gasteiger partial charge is 0.495 e. The second-order valence-corrected chi connectivity index (χ2v) is 9.53. The van der Waals surface area contributed by atoms with E-state index in [2.05, 4.69) is 46.2 Å². The number of pyridine rings is 1. The lowest BCUT2D eigenvalue weighted by Crippen LogP contribution is -2.19. The summed E-state index contributed by atoms with van der Waals surface area (Å²) in [4.78, 5) is 37.0. The van der Waals surface area contributed by atoms with Crippen LogP contribution in [-0.4, -0.2) is 58.8 Å². The van der Waals surface area contributed by atoms with Gasteiger partial charge in [-0.1, -0.05) is 12.6 Å². The maximum Gasteiger partial charge on any atom is 0.256 e. The lowest BCUT2D eigenvalue weighted by molar-refractivity contribution is -0.111. The average molecular weight is 517 g/mol. The van der Waals surface area contributed by atoms with E-state index >= 15 is 0 Å². The van der Waals surface area contributed by atoms with Crippen molar-refractivity contribution in [2.24, 2.45) is 0 Å². The summed E-state index contributed by atoms with van der Waals surface area (Å²) in [6.45, 7) is 4.45. The molecular weight excluding hydrogens is 488 g/mol. The molecule has 0 bridgehead atoms. The number of hydrogen-bond acceptors (Lipinski definition) is 8. The number of methoxy groups -OCH3 is 1. The van der Waals surface area contributed by atoms with Crippen molar-refractivity contribution in [3.8, 4) is 11.4 Å². The fourth-order valence-electron chi connectivity index (χ4n) is 3.58. The summed E-state index contributed by atoms with van der Waals surface area (Å²) in [5, 5.41) is 6.61. The van der Waals surface area contributed by atoms with Gasteiger partial charge in [-0.25, -0.2) is 4.98 Å². The van der Waals surface area contributed by atoms with Crippen molar-refractivity contribution in [2.45, 2.75) is 4.90 Å². The molecule has 2 N–H and O–H groups in total. The summed E-state index contributed by atoms with van der Waals surface area (Å²) >= 11 is 1.75. The molecule has 0 saturated heterocycles. The summed E-state index contributed by atoms with van der Waals surface area (Å²) in [5.74, 6) is 1.60. The van der Waals surface area contributed by atoms with Crippen molar-refractivity contribution in [1.82, 2.24) is 19.4 Å². The van der Waals surface area contributed by atoms with E-state index in [0.717, 1.165) is 17.2 Å². The van der Waals surface area contributed by atoms with E-state index in [1.165, 1.54) is 16.7 Å². The van der Waals surface area contributed by atoms with Gasteiger partial charge in [0.05, 0.1) is 18.5 Å². The van der Waals surface area contributed by atoms with Crippen LogP contribution >= 0.6 is 11.8 Å². The van der Waals surface area contributed by atoms with Crippen LogP contribution in [0.15, 0.2) is 83.1 Å². The smallest absolute Gasteiger partial charge is 0.256 e. The maximum absolute atomic E-state index is 12.9. The lowest BCUT2D eigenvalue weighted by Gasteiger charge is -2.14. The standard InChI is InChI=1S/C27H28N6O3S/c1-5-24(34)29-19-7-6-8-20(15-19)33-25(35)12-9-18-17-28-27(31-26(18)33)30-22-11-10-21(16-23(22)36-4)37-14-13-32(2)3/h5-12,15-17H,1,13-14H2,2-4H3,(H,29,34)(H,28,30,31). The number of nitrogens with zero attached hydrogens (tertiary/aromatic N) is 4. The Kier molecular flexibility index (Phi) is 8.22. The van der Waals surface area contributed by atoms with Gasteiger partial charge in [-0.2, -0.15) is 4.98 Å². The topological polar surface area (TPSA) is 101 Å². The number of amides is 1. The molecule has 0 saturated carbocycles. The summed E-state index contributed by atoms with van der Waals surface area (Å²) in [5.41, 5.74) is 1.96. The molecule has 190 valence electrons. The zero-order chi connectivity index (χ0) is 26.4. The van der Waals surface area contributed by atoms with Gasteiger partial charge in [0.2, 0.25) is 11.9 Å². The van der Waals surface area contributed by atoms with E-state index in [1.807, 2.05) is 18.2 Å². The van der Waals surface area contributed by atoms with Gasteiger partial charge < -0.3 is 20.3 Å². The van der Waals surface area contributed by atoms with Crippen LogP contribution in [0.25, 0.3) is 16.7 Å². The number of anilines is 3. The minimum absolute atomic E-state index is 0.263. The predicted octanol–water partition coefficient (Wildman–Crippen LogP) is 4.31. The molecule has 37 heavy (non-hydrogen) atoms. The van der Waals surface area contributed by atoms with Gasteiger partial charge in [-0.3, -0.25) is 14.2 Å². The number of carbonyl (C=O) groups excluding carboxylic acids is 1.